The fourth-order valence-corrected chi connectivity index (χ4v) is 2.61. The van der Waals surface area contributed by atoms with Gasteiger partial charge in [-0.1, -0.05) is 49.0 Å². The highest BCUT2D eigenvalue weighted by Gasteiger charge is 2.22. The minimum absolute atomic E-state index is 0.0369. The van der Waals surface area contributed by atoms with Crippen LogP contribution in [-0.4, -0.2) is 35.7 Å². The van der Waals surface area contributed by atoms with Gasteiger partial charge < -0.3 is 5.32 Å². The molecule has 1 aliphatic carbocycles. The van der Waals surface area contributed by atoms with Gasteiger partial charge in [-0.3, -0.25) is 19.3 Å². The molecular formula is C20H24N2O3. The summed E-state index contributed by atoms with van der Waals surface area (Å²) in [5.41, 5.74) is 1.29. The van der Waals surface area contributed by atoms with Crippen LogP contribution in [0, 0.1) is 0 Å². The molecule has 0 fully saturated rings. The van der Waals surface area contributed by atoms with Crippen molar-refractivity contribution in [2.45, 2.75) is 32.1 Å². The van der Waals surface area contributed by atoms with Crippen molar-refractivity contribution in [2.24, 2.45) is 0 Å². The maximum Gasteiger partial charge on any atom is 0.253 e. The van der Waals surface area contributed by atoms with Crippen LogP contribution >= 0.6 is 0 Å². The molecule has 1 heterocycles. The highest BCUT2D eigenvalue weighted by Crippen LogP contribution is 2.13. The van der Waals surface area contributed by atoms with E-state index in [1.807, 2.05) is 30.4 Å². The second-order valence-electron chi connectivity index (χ2n) is 5.94. The third-order valence-corrected chi connectivity index (χ3v) is 3.99. The van der Waals surface area contributed by atoms with Gasteiger partial charge in [0.25, 0.3) is 11.8 Å². The molecule has 0 bridgehead atoms. The van der Waals surface area contributed by atoms with Gasteiger partial charge in [-0.25, -0.2) is 0 Å². The topological polar surface area (TPSA) is 66.5 Å². The summed E-state index contributed by atoms with van der Waals surface area (Å²) >= 11 is 0. The molecular weight excluding hydrogens is 316 g/mol. The van der Waals surface area contributed by atoms with E-state index in [0.29, 0.717) is 13.0 Å². The third kappa shape index (κ3) is 6.75. The molecule has 3 amide bonds. The van der Waals surface area contributed by atoms with E-state index in [-0.39, 0.29) is 24.3 Å². The molecule has 1 N–H and O–H groups in total. The first-order valence-electron chi connectivity index (χ1n) is 8.67. The lowest BCUT2D eigenvalue weighted by Gasteiger charge is -2.13. The molecule has 0 aromatic rings. The van der Waals surface area contributed by atoms with Crippen molar-refractivity contribution in [1.29, 1.82) is 0 Å². The number of allylic oxidation sites excluding steroid dienone is 8. The van der Waals surface area contributed by atoms with Gasteiger partial charge in [0, 0.05) is 31.7 Å². The minimum Gasteiger partial charge on any atom is -0.354 e. The van der Waals surface area contributed by atoms with Gasteiger partial charge in [0.15, 0.2) is 0 Å². The monoisotopic (exact) mass is 340 g/mol. The van der Waals surface area contributed by atoms with Gasteiger partial charge in [-0.15, -0.1) is 0 Å². The van der Waals surface area contributed by atoms with Crippen LogP contribution in [0.3, 0.4) is 0 Å². The lowest BCUT2D eigenvalue weighted by Crippen LogP contribution is -2.38. The lowest BCUT2D eigenvalue weighted by molar-refractivity contribution is -0.137. The molecule has 132 valence electrons. The molecule has 0 unspecified atom stereocenters. The van der Waals surface area contributed by atoms with E-state index in [2.05, 4.69) is 17.5 Å². The summed E-state index contributed by atoms with van der Waals surface area (Å²) in [6, 6.07) is 0. The number of unbranched alkanes of at least 4 members (excludes halogenated alkanes) is 2. The predicted octanol–water partition coefficient (Wildman–Crippen LogP) is 2.59. The van der Waals surface area contributed by atoms with Gasteiger partial charge >= 0.3 is 0 Å². The zero-order valence-electron chi connectivity index (χ0n) is 14.3. The Morgan fingerprint density at radius 2 is 1.60 bits per heavy atom. The molecule has 0 saturated heterocycles. The Bertz CT molecular complexity index is 636. The van der Waals surface area contributed by atoms with Crippen molar-refractivity contribution in [3.05, 3.63) is 60.3 Å². The first-order chi connectivity index (χ1) is 12.2. The summed E-state index contributed by atoms with van der Waals surface area (Å²) in [4.78, 5) is 35.6. The number of rotatable bonds is 9. The number of carbonyl (C=O) groups excluding carboxylic acids is 3. The molecule has 5 nitrogen and oxygen atoms in total. The summed E-state index contributed by atoms with van der Waals surface area (Å²) in [7, 11) is 0. The van der Waals surface area contributed by atoms with E-state index < -0.39 is 0 Å². The predicted molar refractivity (Wildman–Crippen MR) is 97.5 cm³/mol. The van der Waals surface area contributed by atoms with E-state index in [1.54, 1.807) is 0 Å². The molecule has 0 radical (unpaired) electrons. The number of amides is 3. The lowest BCUT2D eigenvalue weighted by atomic mass is 10.0. The zero-order valence-corrected chi connectivity index (χ0v) is 14.3. The van der Waals surface area contributed by atoms with Crippen LogP contribution in [0.2, 0.25) is 0 Å². The molecule has 2 aliphatic rings. The van der Waals surface area contributed by atoms with Crippen LogP contribution in [0.1, 0.15) is 32.1 Å². The summed E-state index contributed by atoms with van der Waals surface area (Å²) < 4.78 is 0. The second-order valence-corrected chi connectivity index (χ2v) is 5.94. The Hall–Kier alpha value is -2.69. The molecule has 1 aliphatic heterocycles. The Morgan fingerprint density at radius 3 is 2.40 bits per heavy atom. The quantitative estimate of drug-likeness (QED) is 0.518. The molecule has 0 spiro atoms. The average Bonchev–Trinajstić information content (AvgIpc) is 2.88. The van der Waals surface area contributed by atoms with Crippen LogP contribution in [0.25, 0.3) is 0 Å². The van der Waals surface area contributed by atoms with Crippen LogP contribution < -0.4 is 5.32 Å². The Labute approximate surface area is 148 Å². The highest BCUT2D eigenvalue weighted by molar-refractivity contribution is 6.12. The van der Waals surface area contributed by atoms with Crippen molar-refractivity contribution >= 4 is 17.7 Å². The molecule has 0 aromatic carbocycles. The number of nitrogens with zero attached hydrogens (tertiary/aromatic N) is 1. The molecule has 25 heavy (non-hydrogen) atoms. The van der Waals surface area contributed by atoms with Crippen molar-refractivity contribution in [3.63, 3.8) is 0 Å². The number of nitrogens with one attached hydrogen (secondary N) is 1. The molecule has 2 rings (SSSR count). The van der Waals surface area contributed by atoms with E-state index in [4.69, 9.17) is 0 Å². The largest absolute Gasteiger partial charge is 0.354 e. The number of hydrogen-bond acceptors (Lipinski definition) is 3. The van der Waals surface area contributed by atoms with Crippen molar-refractivity contribution in [1.82, 2.24) is 10.2 Å². The summed E-state index contributed by atoms with van der Waals surface area (Å²) in [5, 5.41) is 2.75. The van der Waals surface area contributed by atoms with Crippen LogP contribution in [-0.2, 0) is 14.4 Å². The van der Waals surface area contributed by atoms with Gasteiger partial charge in [0.2, 0.25) is 5.91 Å². The smallest absolute Gasteiger partial charge is 0.253 e. The number of hydrogen-bond donors (Lipinski definition) is 1. The van der Waals surface area contributed by atoms with Crippen LogP contribution in [0.15, 0.2) is 60.3 Å². The molecule has 0 atom stereocenters. The summed E-state index contributed by atoms with van der Waals surface area (Å²) in [5.74, 6) is -0.672. The normalized spacial score (nSPS) is 18.7. The van der Waals surface area contributed by atoms with Crippen LogP contribution in [0.5, 0.6) is 0 Å². The van der Waals surface area contributed by atoms with E-state index >= 15 is 0 Å². The summed E-state index contributed by atoms with van der Waals surface area (Å²) in [6.45, 7) is 0.522. The first kappa shape index (κ1) is 18.6. The Morgan fingerprint density at radius 1 is 0.880 bits per heavy atom. The fraction of sp³-hybridized carbons (Fsp3) is 0.350. The van der Waals surface area contributed by atoms with Crippen molar-refractivity contribution < 1.29 is 14.4 Å². The SMILES string of the molecule is O=C(CCCCCC1=C/C=C\C=C/C=C1)NCCN1C(=O)C=CC1=O. The minimum atomic E-state index is -0.317. The Kier molecular flexibility index (Phi) is 7.63. The van der Waals surface area contributed by atoms with Gasteiger partial charge in [0.05, 0.1) is 0 Å². The fourth-order valence-electron chi connectivity index (χ4n) is 2.61. The van der Waals surface area contributed by atoms with Crippen molar-refractivity contribution in [3.8, 4) is 0 Å². The Balaban J connectivity index is 1.52. The van der Waals surface area contributed by atoms with E-state index in [1.165, 1.54) is 17.7 Å². The molecule has 0 saturated carbocycles. The standard InChI is InChI=1S/C20H24N2O3/c23-18(21-15-16-22-19(24)13-14-20(22)25)12-8-4-7-11-17-9-5-2-1-3-6-10-17/h1-3,5-6,9-10,13-14H,4,7-8,11-12,15-16H2,(H,21,23)/b2-1-,3-1?,5-2?,6-3-,9-5?,10-6?,17-9?,17-10?. The van der Waals surface area contributed by atoms with E-state index in [0.717, 1.165) is 30.6 Å². The second kappa shape index (κ2) is 10.2. The number of carbonyl (C=O) groups is 3. The van der Waals surface area contributed by atoms with Crippen LogP contribution in [0.4, 0.5) is 0 Å². The maximum atomic E-state index is 11.8. The van der Waals surface area contributed by atoms with Gasteiger partial charge in [-0.2, -0.15) is 0 Å². The van der Waals surface area contributed by atoms with Gasteiger partial charge in [-0.05, 0) is 24.8 Å². The first-order valence-corrected chi connectivity index (χ1v) is 8.67. The molecule has 0 aromatic heterocycles. The third-order valence-electron chi connectivity index (χ3n) is 3.99. The highest BCUT2D eigenvalue weighted by atomic mass is 16.2. The summed E-state index contributed by atoms with van der Waals surface area (Å²) in [6.07, 6.45) is 21.1. The van der Waals surface area contributed by atoms with Gasteiger partial charge in [0.1, 0.15) is 0 Å². The zero-order chi connectivity index (χ0) is 17.9. The van der Waals surface area contributed by atoms with Crippen molar-refractivity contribution in [2.75, 3.05) is 13.1 Å². The average molecular weight is 340 g/mol. The number of imide groups is 1. The molecule has 5 heteroatoms. The van der Waals surface area contributed by atoms with E-state index in [9.17, 15) is 14.4 Å². The maximum absolute atomic E-state index is 11.8.